The minimum atomic E-state index is 0.935. The summed E-state index contributed by atoms with van der Waals surface area (Å²) in [7, 11) is 0. The smallest absolute Gasteiger partial charge is 0.0385 e. The van der Waals surface area contributed by atoms with E-state index in [0.29, 0.717) is 0 Å². The van der Waals surface area contributed by atoms with E-state index in [1.54, 1.807) is 0 Å². The van der Waals surface area contributed by atoms with Crippen molar-refractivity contribution in [3.8, 4) is 0 Å². The molecule has 0 aliphatic carbocycles. The van der Waals surface area contributed by atoms with Crippen LogP contribution in [-0.2, 0) is 6.42 Å². The second-order valence-corrected chi connectivity index (χ2v) is 4.83. The lowest BCUT2D eigenvalue weighted by atomic mass is 10.1. The zero-order valence-corrected chi connectivity index (χ0v) is 11.8. The van der Waals surface area contributed by atoms with Gasteiger partial charge in [-0.3, -0.25) is 4.99 Å². The van der Waals surface area contributed by atoms with Crippen molar-refractivity contribution in [2.75, 3.05) is 6.54 Å². The zero-order valence-electron chi connectivity index (χ0n) is 11.8. The van der Waals surface area contributed by atoms with Crippen molar-refractivity contribution in [2.24, 2.45) is 4.99 Å². The summed E-state index contributed by atoms with van der Waals surface area (Å²) in [5, 5.41) is 0. The molecule has 1 nitrogen and oxygen atoms in total. The molecule has 0 amide bonds. The summed E-state index contributed by atoms with van der Waals surface area (Å²) in [4.78, 5) is 4.45. The molecule has 0 bridgehead atoms. The van der Waals surface area contributed by atoms with Gasteiger partial charge in [0.05, 0.1) is 0 Å². The van der Waals surface area contributed by atoms with E-state index in [4.69, 9.17) is 0 Å². The first kappa shape index (κ1) is 14.7. The number of allylic oxidation sites excluding steroid dienone is 1. The largest absolute Gasteiger partial charge is 0.297 e. The first-order valence-electron chi connectivity index (χ1n) is 6.97. The molecule has 0 saturated carbocycles. The Kier molecular flexibility index (Phi) is 7.09. The molecule has 0 radical (unpaired) electrons. The van der Waals surface area contributed by atoms with E-state index >= 15 is 0 Å². The number of hydrogen-bond acceptors (Lipinski definition) is 1. The van der Waals surface area contributed by atoms with E-state index in [1.807, 2.05) is 13.1 Å². The Morgan fingerprint density at radius 3 is 2.50 bits per heavy atom. The van der Waals surface area contributed by atoms with Crippen LogP contribution in [0.5, 0.6) is 0 Å². The molecule has 0 heterocycles. The van der Waals surface area contributed by atoms with Gasteiger partial charge in [-0.25, -0.2) is 0 Å². The number of benzene rings is 1. The first-order chi connectivity index (χ1) is 8.74. The standard InChI is InChI=1S/C17H25N/c1-4-5-6-7-13-18-14-12-16-8-10-17(11-9-16)15(2)3/h8-11,14H,2,4-7,12-13H2,1,3H3. The highest BCUT2D eigenvalue weighted by molar-refractivity contribution is 5.64. The minimum absolute atomic E-state index is 0.935. The molecule has 0 aliphatic heterocycles. The maximum Gasteiger partial charge on any atom is 0.0385 e. The van der Waals surface area contributed by atoms with Crippen LogP contribution in [-0.4, -0.2) is 12.8 Å². The first-order valence-corrected chi connectivity index (χ1v) is 6.97. The van der Waals surface area contributed by atoms with Crippen molar-refractivity contribution in [3.05, 3.63) is 42.0 Å². The Hall–Kier alpha value is -1.37. The van der Waals surface area contributed by atoms with Crippen LogP contribution in [0.2, 0.25) is 0 Å². The lowest BCUT2D eigenvalue weighted by Gasteiger charge is -2.01. The van der Waals surface area contributed by atoms with Gasteiger partial charge >= 0.3 is 0 Å². The molecule has 1 heteroatoms. The summed E-state index contributed by atoms with van der Waals surface area (Å²) in [5.74, 6) is 0. The Balaban J connectivity index is 2.26. The van der Waals surface area contributed by atoms with Crippen molar-refractivity contribution in [1.82, 2.24) is 0 Å². The van der Waals surface area contributed by atoms with Crippen molar-refractivity contribution in [3.63, 3.8) is 0 Å². The molecule has 0 unspecified atom stereocenters. The highest BCUT2D eigenvalue weighted by Gasteiger charge is 1.93. The molecule has 0 spiro atoms. The molecule has 18 heavy (non-hydrogen) atoms. The van der Waals surface area contributed by atoms with Crippen LogP contribution >= 0.6 is 0 Å². The molecule has 0 atom stereocenters. The van der Waals surface area contributed by atoms with E-state index in [9.17, 15) is 0 Å². The number of hydrogen-bond donors (Lipinski definition) is 0. The molecule has 0 aromatic heterocycles. The van der Waals surface area contributed by atoms with E-state index in [1.165, 1.54) is 36.8 Å². The second kappa shape index (κ2) is 8.68. The third-order valence-corrected chi connectivity index (χ3v) is 3.04. The molecule has 0 aliphatic rings. The molecular formula is C17H25N. The summed E-state index contributed by atoms with van der Waals surface area (Å²) in [6.45, 7) is 9.18. The van der Waals surface area contributed by atoms with Crippen LogP contribution in [0.1, 0.15) is 50.7 Å². The van der Waals surface area contributed by atoms with Crippen LogP contribution in [0, 0.1) is 0 Å². The lowest BCUT2D eigenvalue weighted by molar-refractivity contribution is 0.675. The maximum absolute atomic E-state index is 4.45. The molecule has 0 N–H and O–H groups in total. The van der Waals surface area contributed by atoms with Gasteiger partial charge in [0.25, 0.3) is 0 Å². The van der Waals surface area contributed by atoms with Crippen molar-refractivity contribution >= 4 is 11.8 Å². The van der Waals surface area contributed by atoms with Crippen LogP contribution in [0.4, 0.5) is 0 Å². The van der Waals surface area contributed by atoms with Crippen LogP contribution in [0.25, 0.3) is 5.57 Å². The number of rotatable bonds is 8. The summed E-state index contributed by atoms with van der Waals surface area (Å²) in [6, 6.07) is 8.58. The highest BCUT2D eigenvalue weighted by Crippen LogP contribution is 2.12. The summed E-state index contributed by atoms with van der Waals surface area (Å²) in [6.07, 6.45) is 8.13. The van der Waals surface area contributed by atoms with Crippen molar-refractivity contribution < 1.29 is 0 Å². The number of aliphatic imine (C=N–C) groups is 1. The maximum atomic E-state index is 4.45. The molecular weight excluding hydrogens is 218 g/mol. The van der Waals surface area contributed by atoms with Crippen molar-refractivity contribution in [2.45, 2.75) is 46.0 Å². The van der Waals surface area contributed by atoms with Gasteiger partial charge in [0.15, 0.2) is 0 Å². The molecule has 1 aromatic carbocycles. The molecule has 98 valence electrons. The normalized spacial score (nSPS) is 11.0. The van der Waals surface area contributed by atoms with E-state index in [0.717, 1.165) is 18.5 Å². The molecule has 1 aromatic rings. The van der Waals surface area contributed by atoms with Crippen LogP contribution in [0.15, 0.2) is 35.8 Å². The predicted molar refractivity (Wildman–Crippen MR) is 82.4 cm³/mol. The van der Waals surface area contributed by atoms with Crippen molar-refractivity contribution in [1.29, 1.82) is 0 Å². The average Bonchev–Trinajstić information content (AvgIpc) is 2.38. The van der Waals surface area contributed by atoms with E-state index in [2.05, 4.69) is 42.8 Å². The fraction of sp³-hybridized carbons (Fsp3) is 0.471. The van der Waals surface area contributed by atoms with Gasteiger partial charge in [0.1, 0.15) is 0 Å². The predicted octanol–water partition coefficient (Wildman–Crippen LogP) is 4.91. The summed E-state index contributed by atoms with van der Waals surface area (Å²) >= 11 is 0. The minimum Gasteiger partial charge on any atom is -0.297 e. The fourth-order valence-electron chi connectivity index (χ4n) is 1.82. The number of unbranched alkanes of at least 4 members (excludes halogenated alkanes) is 3. The summed E-state index contributed by atoms with van der Waals surface area (Å²) in [5.41, 5.74) is 3.65. The Morgan fingerprint density at radius 2 is 1.89 bits per heavy atom. The third kappa shape index (κ3) is 5.81. The van der Waals surface area contributed by atoms with Gasteiger partial charge in [-0.05, 0) is 24.5 Å². The zero-order chi connectivity index (χ0) is 13.2. The second-order valence-electron chi connectivity index (χ2n) is 4.83. The SMILES string of the molecule is C=C(C)c1ccc(CC=NCCCCCC)cc1. The van der Waals surface area contributed by atoms with Gasteiger partial charge < -0.3 is 0 Å². The topological polar surface area (TPSA) is 12.4 Å². The molecule has 0 saturated heterocycles. The van der Waals surface area contributed by atoms with Gasteiger partial charge in [0.2, 0.25) is 0 Å². The summed E-state index contributed by atoms with van der Waals surface area (Å²) < 4.78 is 0. The van der Waals surface area contributed by atoms with Gasteiger partial charge in [0, 0.05) is 19.2 Å². The monoisotopic (exact) mass is 243 g/mol. The van der Waals surface area contributed by atoms with Gasteiger partial charge in [-0.15, -0.1) is 0 Å². The van der Waals surface area contributed by atoms with Crippen LogP contribution in [0.3, 0.4) is 0 Å². The number of nitrogens with zero attached hydrogens (tertiary/aromatic N) is 1. The quantitative estimate of drug-likeness (QED) is 0.454. The third-order valence-electron chi connectivity index (χ3n) is 3.04. The van der Waals surface area contributed by atoms with Gasteiger partial charge in [-0.2, -0.15) is 0 Å². The Labute approximate surface area is 112 Å². The van der Waals surface area contributed by atoms with Gasteiger partial charge in [-0.1, -0.05) is 62.6 Å². The average molecular weight is 243 g/mol. The van der Waals surface area contributed by atoms with E-state index < -0.39 is 0 Å². The Morgan fingerprint density at radius 1 is 1.17 bits per heavy atom. The highest BCUT2D eigenvalue weighted by atomic mass is 14.7. The van der Waals surface area contributed by atoms with Crippen LogP contribution < -0.4 is 0 Å². The van der Waals surface area contributed by atoms with E-state index in [-0.39, 0.29) is 0 Å². The lowest BCUT2D eigenvalue weighted by Crippen LogP contribution is -1.89. The molecule has 0 fully saturated rings. The molecule has 1 rings (SSSR count). The fourth-order valence-corrected chi connectivity index (χ4v) is 1.82. The Bertz CT molecular complexity index is 373.